The second-order valence-corrected chi connectivity index (χ2v) is 6.75. The van der Waals surface area contributed by atoms with Crippen LogP contribution in [0.1, 0.15) is 11.3 Å². The number of hydrogen-bond acceptors (Lipinski definition) is 4. The number of aliphatic hydroxyl groups excluding tert-OH is 1. The van der Waals surface area contributed by atoms with Crippen molar-refractivity contribution >= 4 is 5.91 Å². The molecule has 0 fully saturated rings. The minimum atomic E-state index is -0.0385. The van der Waals surface area contributed by atoms with Crippen LogP contribution < -0.4 is 4.74 Å². The van der Waals surface area contributed by atoms with Gasteiger partial charge in [-0.05, 0) is 12.1 Å². The van der Waals surface area contributed by atoms with Crippen LogP contribution in [0.4, 0.5) is 0 Å². The molecule has 0 spiro atoms. The van der Waals surface area contributed by atoms with E-state index in [1.165, 1.54) is 0 Å². The fourth-order valence-electron chi connectivity index (χ4n) is 3.57. The Morgan fingerprint density at radius 3 is 2.50 bits per heavy atom. The number of ether oxygens (including phenoxy) is 1. The molecule has 6 heteroatoms. The number of benzene rings is 2. The molecule has 6 nitrogen and oxygen atoms in total. The van der Waals surface area contributed by atoms with E-state index in [1.54, 1.807) is 0 Å². The van der Waals surface area contributed by atoms with Gasteiger partial charge in [-0.3, -0.25) is 9.48 Å². The van der Waals surface area contributed by atoms with Gasteiger partial charge in [-0.1, -0.05) is 48.5 Å². The van der Waals surface area contributed by atoms with E-state index >= 15 is 0 Å². The maximum absolute atomic E-state index is 12.7. The number of amides is 1. The molecule has 1 aliphatic rings. The largest absolute Gasteiger partial charge is 0.484 e. The van der Waals surface area contributed by atoms with Crippen LogP contribution >= 0.6 is 0 Å². The van der Waals surface area contributed by atoms with Gasteiger partial charge in [0.2, 0.25) is 0 Å². The van der Waals surface area contributed by atoms with Crippen LogP contribution in [0.3, 0.4) is 0 Å². The number of hydrogen-bond donors (Lipinski definition) is 1. The second-order valence-electron chi connectivity index (χ2n) is 6.75. The Labute approximate surface area is 164 Å². The third-order valence-electron chi connectivity index (χ3n) is 4.92. The molecule has 0 saturated heterocycles. The number of rotatable bonds is 6. The number of aromatic nitrogens is 2. The van der Waals surface area contributed by atoms with Gasteiger partial charge in [0.15, 0.2) is 6.61 Å². The fourth-order valence-corrected chi connectivity index (χ4v) is 3.57. The molecule has 2 heterocycles. The molecule has 28 heavy (non-hydrogen) atoms. The van der Waals surface area contributed by atoms with E-state index in [-0.39, 0.29) is 19.1 Å². The van der Waals surface area contributed by atoms with Crippen LogP contribution in [0.15, 0.2) is 60.7 Å². The highest BCUT2D eigenvalue weighted by molar-refractivity contribution is 5.78. The summed E-state index contributed by atoms with van der Waals surface area (Å²) in [6.07, 6.45) is 0.699. The van der Waals surface area contributed by atoms with Crippen molar-refractivity contribution in [1.82, 2.24) is 14.7 Å². The molecule has 1 aromatic heterocycles. The van der Waals surface area contributed by atoms with Gasteiger partial charge < -0.3 is 14.7 Å². The van der Waals surface area contributed by atoms with Crippen LogP contribution in [0.25, 0.3) is 11.3 Å². The summed E-state index contributed by atoms with van der Waals surface area (Å²) in [6.45, 7) is 1.59. The van der Waals surface area contributed by atoms with E-state index in [0.717, 1.165) is 22.5 Å². The molecule has 4 rings (SSSR count). The van der Waals surface area contributed by atoms with Crippen molar-refractivity contribution in [3.05, 3.63) is 71.9 Å². The van der Waals surface area contributed by atoms with Crippen molar-refractivity contribution < 1.29 is 14.6 Å². The molecule has 0 aliphatic carbocycles. The van der Waals surface area contributed by atoms with Gasteiger partial charge in [-0.25, -0.2) is 0 Å². The highest BCUT2D eigenvalue weighted by Crippen LogP contribution is 2.30. The third-order valence-corrected chi connectivity index (χ3v) is 4.92. The summed E-state index contributed by atoms with van der Waals surface area (Å²) in [5.41, 5.74) is 4.07. The molecule has 0 radical (unpaired) electrons. The molecule has 1 aliphatic heterocycles. The number of fused-ring (bicyclic) bond motifs is 1. The van der Waals surface area contributed by atoms with E-state index < -0.39 is 0 Å². The Morgan fingerprint density at radius 2 is 1.79 bits per heavy atom. The maximum Gasteiger partial charge on any atom is 0.260 e. The molecular weight excluding hydrogens is 354 g/mol. The van der Waals surface area contributed by atoms with Gasteiger partial charge in [0.05, 0.1) is 24.5 Å². The van der Waals surface area contributed by atoms with E-state index in [1.807, 2.05) is 70.2 Å². The topological polar surface area (TPSA) is 67.6 Å². The Hall–Kier alpha value is -3.12. The van der Waals surface area contributed by atoms with Crippen LogP contribution in [-0.2, 0) is 24.3 Å². The first-order valence-corrected chi connectivity index (χ1v) is 9.46. The van der Waals surface area contributed by atoms with Crippen LogP contribution in [-0.4, -0.2) is 45.5 Å². The first-order valence-electron chi connectivity index (χ1n) is 9.46. The lowest BCUT2D eigenvalue weighted by Gasteiger charge is -2.27. The lowest BCUT2D eigenvalue weighted by Crippen LogP contribution is -2.38. The molecule has 0 unspecified atom stereocenters. The Morgan fingerprint density at radius 1 is 1.07 bits per heavy atom. The highest BCUT2D eigenvalue weighted by Gasteiger charge is 2.27. The first kappa shape index (κ1) is 18.3. The average molecular weight is 377 g/mol. The van der Waals surface area contributed by atoms with Gasteiger partial charge >= 0.3 is 0 Å². The summed E-state index contributed by atoms with van der Waals surface area (Å²) in [4.78, 5) is 14.5. The summed E-state index contributed by atoms with van der Waals surface area (Å²) < 4.78 is 7.48. The molecule has 2 aromatic carbocycles. The van der Waals surface area contributed by atoms with Crippen molar-refractivity contribution in [3.63, 3.8) is 0 Å². The molecule has 1 N–H and O–H groups in total. The van der Waals surface area contributed by atoms with Crippen LogP contribution in [0.5, 0.6) is 5.75 Å². The SMILES string of the molecule is O=C(COc1ccccc1)N1CCc2nn(CCO)c(-c3ccccc3)c2C1. The summed E-state index contributed by atoms with van der Waals surface area (Å²) >= 11 is 0. The summed E-state index contributed by atoms with van der Waals surface area (Å²) in [6, 6.07) is 19.4. The second kappa shape index (κ2) is 8.27. The molecule has 3 aromatic rings. The summed E-state index contributed by atoms with van der Waals surface area (Å²) in [5.74, 6) is 0.651. The summed E-state index contributed by atoms with van der Waals surface area (Å²) in [7, 11) is 0. The zero-order valence-corrected chi connectivity index (χ0v) is 15.6. The van der Waals surface area contributed by atoms with E-state index in [2.05, 4.69) is 0 Å². The van der Waals surface area contributed by atoms with Crippen molar-refractivity contribution in [1.29, 1.82) is 0 Å². The van der Waals surface area contributed by atoms with E-state index in [4.69, 9.17) is 9.84 Å². The lowest BCUT2D eigenvalue weighted by atomic mass is 10.0. The number of carbonyl (C=O) groups excluding carboxylic acids is 1. The Kier molecular flexibility index (Phi) is 5.39. The number of aliphatic hydroxyl groups is 1. The third kappa shape index (κ3) is 3.77. The molecule has 144 valence electrons. The number of nitrogens with zero attached hydrogens (tertiary/aromatic N) is 3. The van der Waals surface area contributed by atoms with Crippen LogP contribution in [0.2, 0.25) is 0 Å². The fraction of sp³-hybridized carbons (Fsp3) is 0.273. The predicted octanol–water partition coefficient (Wildman–Crippen LogP) is 2.51. The van der Waals surface area contributed by atoms with E-state index in [9.17, 15) is 9.90 Å². The summed E-state index contributed by atoms with van der Waals surface area (Å²) in [5, 5.41) is 14.1. The van der Waals surface area contributed by atoms with Crippen molar-refractivity contribution in [2.75, 3.05) is 19.8 Å². The van der Waals surface area contributed by atoms with Gasteiger partial charge in [-0.15, -0.1) is 0 Å². The molecule has 0 atom stereocenters. The predicted molar refractivity (Wildman–Crippen MR) is 106 cm³/mol. The molecule has 0 bridgehead atoms. The quantitative estimate of drug-likeness (QED) is 0.717. The zero-order chi connectivity index (χ0) is 19.3. The molecule has 1 amide bonds. The smallest absolute Gasteiger partial charge is 0.260 e. The van der Waals surface area contributed by atoms with Gasteiger partial charge in [0.1, 0.15) is 5.75 Å². The van der Waals surface area contributed by atoms with Crippen molar-refractivity contribution in [3.8, 4) is 17.0 Å². The average Bonchev–Trinajstić information content (AvgIpc) is 3.11. The van der Waals surface area contributed by atoms with Gasteiger partial charge in [0.25, 0.3) is 5.91 Å². The van der Waals surface area contributed by atoms with E-state index in [0.29, 0.717) is 31.8 Å². The Bertz CT molecular complexity index is 938. The molecule has 0 saturated carbocycles. The van der Waals surface area contributed by atoms with Crippen molar-refractivity contribution in [2.24, 2.45) is 0 Å². The van der Waals surface area contributed by atoms with Gasteiger partial charge in [0, 0.05) is 30.6 Å². The van der Waals surface area contributed by atoms with Crippen LogP contribution in [0, 0.1) is 0 Å². The molecular formula is C22H23N3O3. The van der Waals surface area contributed by atoms with Gasteiger partial charge in [-0.2, -0.15) is 5.10 Å². The monoisotopic (exact) mass is 377 g/mol. The lowest BCUT2D eigenvalue weighted by molar-refractivity contribution is -0.134. The number of carbonyl (C=O) groups is 1. The zero-order valence-electron chi connectivity index (χ0n) is 15.6. The van der Waals surface area contributed by atoms with Crippen molar-refractivity contribution in [2.45, 2.75) is 19.5 Å². The first-order chi connectivity index (χ1) is 13.8. The Balaban J connectivity index is 1.55. The minimum Gasteiger partial charge on any atom is -0.484 e. The maximum atomic E-state index is 12.7. The number of para-hydroxylation sites is 1. The normalized spacial score (nSPS) is 13.2. The highest BCUT2D eigenvalue weighted by atomic mass is 16.5. The minimum absolute atomic E-state index is 0.0186. The standard InChI is InChI=1S/C22H23N3O3/c26-14-13-25-22(17-7-3-1-4-8-17)19-15-24(12-11-20(19)23-25)21(27)16-28-18-9-5-2-6-10-18/h1-10,26H,11-16H2.